The third kappa shape index (κ3) is 48.1. The van der Waals surface area contributed by atoms with Crippen LogP contribution in [-0.2, 0) is 28.6 Å². The molecular formula is C56H98O6. The Morgan fingerprint density at radius 3 is 0.984 bits per heavy atom. The Morgan fingerprint density at radius 1 is 0.339 bits per heavy atom. The molecule has 0 aliphatic carbocycles. The molecule has 6 heteroatoms. The van der Waals surface area contributed by atoms with Crippen LogP contribution >= 0.6 is 0 Å². The lowest BCUT2D eigenvalue weighted by molar-refractivity contribution is -0.167. The molecule has 0 spiro atoms. The van der Waals surface area contributed by atoms with E-state index in [0.29, 0.717) is 19.3 Å². The molecule has 0 aliphatic heterocycles. The molecule has 0 rings (SSSR count). The number of rotatable bonds is 47. The van der Waals surface area contributed by atoms with Gasteiger partial charge in [0.05, 0.1) is 0 Å². The minimum absolute atomic E-state index is 0.0930. The van der Waals surface area contributed by atoms with Gasteiger partial charge < -0.3 is 14.2 Å². The highest BCUT2D eigenvalue weighted by Gasteiger charge is 2.19. The van der Waals surface area contributed by atoms with E-state index in [0.717, 1.165) is 51.4 Å². The first-order chi connectivity index (χ1) is 30.5. The van der Waals surface area contributed by atoms with Crippen molar-refractivity contribution in [3.63, 3.8) is 0 Å². The summed E-state index contributed by atoms with van der Waals surface area (Å²) in [5.41, 5.74) is 0. The van der Waals surface area contributed by atoms with Gasteiger partial charge in [-0.25, -0.2) is 0 Å². The number of hydrogen-bond acceptors (Lipinski definition) is 6. The fraction of sp³-hybridized carbons (Fsp3) is 0.768. The minimum Gasteiger partial charge on any atom is -0.462 e. The molecule has 1 atom stereocenters. The maximum Gasteiger partial charge on any atom is 0.306 e. The molecule has 1 unspecified atom stereocenters. The predicted octanol–water partition coefficient (Wildman–Crippen LogP) is 17.3. The summed E-state index contributed by atoms with van der Waals surface area (Å²) in [6.07, 6.45) is 62.2. The first-order valence-corrected chi connectivity index (χ1v) is 26.4. The van der Waals surface area contributed by atoms with E-state index in [2.05, 4.69) is 26.8 Å². The Bertz CT molecular complexity index is 1130. The lowest BCUT2D eigenvalue weighted by Gasteiger charge is -2.18. The quantitative estimate of drug-likeness (QED) is 0.0262. The zero-order valence-electron chi connectivity index (χ0n) is 40.9. The van der Waals surface area contributed by atoms with E-state index in [1.165, 1.54) is 161 Å². The van der Waals surface area contributed by atoms with Gasteiger partial charge in [-0.15, -0.1) is 0 Å². The molecule has 0 N–H and O–H groups in total. The largest absolute Gasteiger partial charge is 0.462 e. The molecule has 0 saturated carbocycles. The van der Waals surface area contributed by atoms with Crippen LogP contribution in [0.15, 0.2) is 60.8 Å². The monoisotopic (exact) mass is 867 g/mol. The molecule has 0 amide bonds. The van der Waals surface area contributed by atoms with E-state index < -0.39 is 6.10 Å². The zero-order valence-corrected chi connectivity index (χ0v) is 40.9. The summed E-state index contributed by atoms with van der Waals surface area (Å²) in [6, 6.07) is 0. The van der Waals surface area contributed by atoms with Gasteiger partial charge in [0.2, 0.25) is 0 Å². The van der Waals surface area contributed by atoms with E-state index in [4.69, 9.17) is 14.2 Å². The van der Waals surface area contributed by atoms with Gasteiger partial charge in [0, 0.05) is 19.3 Å². The molecule has 0 bridgehead atoms. The molecule has 0 radical (unpaired) electrons. The molecule has 0 aromatic carbocycles. The van der Waals surface area contributed by atoms with Crippen LogP contribution in [0.4, 0.5) is 0 Å². The predicted molar refractivity (Wildman–Crippen MR) is 265 cm³/mol. The summed E-state index contributed by atoms with van der Waals surface area (Å²) in [6.45, 7) is 6.45. The number of unbranched alkanes of at least 4 members (excludes halogenated alkanes) is 30. The van der Waals surface area contributed by atoms with Gasteiger partial charge in [-0.05, 0) is 32.1 Å². The van der Waals surface area contributed by atoms with Gasteiger partial charge in [-0.2, -0.15) is 0 Å². The fourth-order valence-corrected chi connectivity index (χ4v) is 7.47. The minimum atomic E-state index is -0.798. The summed E-state index contributed by atoms with van der Waals surface area (Å²) in [5.74, 6) is -0.961. The van der Waals surface area contributed by atoms with Crippen LogP contribution in [-0.4, -0.2) is 37.2 Å². The standard InChI is InChI=1S/C56H98O6/c1-4-7-10-13-16-19-22-25-27-28-29-32-34-37-40-43-46-49-55(58)61-52-53(51-60-54(57)48-45-42-39-36-33-30-24-21-18-15-12-9-6-3)62-56(59)50-47-44-41-38-35-31-26-23-20-17-14-11-8-5-2/h9,12,15,18,21,24,30,33,36,39,53H,4-8,10-11,13-14,16-17,19-20,22-23,25-29,31-32,34-35,37-38,40-52H2,1-3H3/b12-9-,18-15-,24-21-,33-30-,39-36-. The Hall–Kier alpha value is -2.89. The third-order valence-electron chi connectivity index (χ3n) is 11.4. The molecule has 0 heterocycles. The van der Waals surface area contributed by atoms with Gasteiger partial charge in [0.25, 0.3) is 0 Å². The van der Waals surface area contributed by atoms with Crippen molar-refractivity contribution in [2.24, 2.45) is 0 Å². The summed E-state index contributed by atoms with van der Waals surface area (Å²) >= 11 is 0. The second-order valence-corrected chi connectivity index (χ2v) is 17.5. The number of allylic oxidation sites excluding steroid dienone is 10. The maximum absolute atomic E-state index is 12.8. The van der Waals surface area contributed by atoms with Crippen LogP contribution in [0.3, 0.4) is 0 Å². The summed E-state index contributed by atoms with van der Waals surface area (Å²) in [7, 11) is 0. The maximum atomic E-state index is 12.8. The highest BCUT2D eigenvalue weighted by atomic mass is 16.6. The van der Waals surface area contributed by atoms with Gasteiger partial charge >= 0.3 is 17.9 Å². The van der Waals surface area contributed by atoms with Crippen molar-refractivity contribution in [1.29, 1.82) is 0 Å². The van der Waals surface area contributed by atoms with E-state index in [1.807, 2.05) is 54.7 Å². The average molecular weight is 867 g/mol. The molecule has 62 heavy (non-hydrogen) atoms. The Kier molecular flexibility index (Phi) is 48.4. The van der Waals surface area contributed by atoms with Gasteiger partial charge in [-0.1, -0.05) is 268 Å². The Labute approximate surface area is 383 Å². The van der Waals surface area contributed by atoms with Crippen molar-refractivity contribution in [1.82, 2.24) is 0 Å². The first kappa shape index (κ1) is 59.1. The van der Waals surface area contributed by atoms with Crippen molar-refractivity contribution in [2.45, 2.75) is 264 Å². The Balaban J connectivity index is 4.41. The molecule has 0 fully saturated rings. The van der Waals surface area contributed by atoms with Crippen molar-refractivity contribution in [3.8, 4) is 0 Å². The van der Waals surface area contributed by atoms with Crippen LogP contribution in [0.5, 0.6) is 0 Å². The first-order valence-electron chi connectivity index (χ1n) is 26.4. The van der Waals surface area contributed by atoms with Crippen molar-refractivity contribution >= 4 is 17.9 Å². The summed E-state index contributed by atoms with van der Waals surface area (Å²) in [5, 5.41) is 0. The van der Waals surface area contributed by atoms with Gasteiger partial charge in [0.15, 0.2) is 6.10 Å². The van der Waals surface area contributed by atoms with E-state index in [-0.39, 0.29) is 37.5 Å². The lowest BCUT2D eigenvalue weighted by atomic mass is 10.0. The summed E-state index contributed by atoms with van der Waals surface area (Å²) < 4.78 is 16.7. The van der Waals surface area contributed by atoms with Crippen LogP contribution in [0.25, 0.3) is 0 Å². The van der Waals surface area contributed by atoms with Gasteiger partial charge in [0.1, 0.15) is 13.2 Å². The second kappa shape index (κ2) is 50.8. The van der Waals surface area contributed by atoms with E-state index in [9.17, 15) is 14.4 Å². The van der Waals surface area contributed by atoms with Crippen LogP contribution in [0, 0.1) is 0 Å². The highest BCUT2D eigenvalue weighted by molar-refractivity contribution is 5.71. The summed E-state index contributed by atoms with van der Waals surface area (Å²) in [4.78, 5) is 37.9. The second-order valence-electron chi connectivity index (χ2n) is 17.5. The topological polar surface area (TPSA) is 78.9 Å². The third-order valence-corrected chi connectivity index (χ3v) is 11.4. The number of carbonyl (C=O) groups is 3. The Morgan fingerprint density at radius 2 is 0.629 bits per heavy atom. The molecule has 0 aliphatic rings. The highest BCUT2D eigenvalue weighted by Crippen LogP contribution is 2.16. The molecule has 0 saturated heterocycles. The van der Waals surface area contributed by atoms with E-state index in [1.54, 1.807) is 0 Å². The molecule has 6 nitrogen and oxygen atoms in total. The van der Waals surface area contributed by atoms with Crippen molar-refractivity contribution in [2.75, 3.05) is 13.2 Å². The molecule has 0 aromatic rings. The van der Waals surface area contributed by atoms with Crippen LogP contribution < -0.4 is 0 Å². The molecule has 0 aromatic heterocycles. The average Bonchev–Trinajstić information content (AvgIpc) is 3.27. The van der Waals surface area contributed by atoms with Gasteiger partial charge in [-0.3, -0.25) is 14.4 Å². The number of hydrogen-bond donors (Lipinski definition) is 0. The van der Waals surface area contributed by atoms with Crippen molar-refractivity contribution < 1.29 is 28.6 Å². The van der Waals surface area contributed by atoms with E-state index >= 15 is 0 Å². The molecule has 358 valence electrons. The SMILES string of the molecule is CC\C=C/C=C\C=C/C=C\C=C/CCCC(=O)OCC(COC(=O)CCCCCCCCCCCCCCCCCCC)OC(=O)CCCCCCCCCCCCCCCC. The van der Waals surface area contributed by atoms with Crippen LogP contribution in [0.2, 0.25) is 0 Å². The number of esters is 3. The number of ether oxygens (including phenoxy) is 3. The van der Waals surface area contributed by atoms with Crippen LogP contribution in [0.1, 0.15) is 258 Å². The number of carbonyl (C=O) groups excluding carboxylic acids is 3. The smallest absolute Gasteiger partial charge is 0.306 e. The van der Waals surface area contributed by atoms with Crippen molar-refractivity contribution in [3.05, 3.63) is 60.8 Å². The normalized spacial score (nSPS) is 12.5. The molecular weight excluding hydrogens is 769 g/mol. The lowest BCUT2D eigenvalue weighted by Crippen LogP contribution is -2.30. The zero-order chi connectivity index (χ0) is 45.1. The fourth-order valence-electron chi connectivity index (χ4n) is 7.47.